The van der Waals surface area contributed by atoms with Crippen LogP contribution >= 0.6 is 7.60 Å². The summed E-state index contributed by atoms with van der Waals surface area (Å²) in [7, 11) is -3.66. The summed E-state index contributed by atoms with van der Waals surface area (Å²) in [5.74, 6) is -0.851. The van der Waals surface area contributed by atoms with Crippen molar-refractivity contribution in [1.29, 1.82) is 0 Å². The Hall–Kier alpha value is -1.14. The Balaban J connectivity index is 3.03. The van der Waals surface area contributed by atoms with Crippen molar-refractivity contribution >= 4 is 13.6 Å². The van der Waals surface area contributed by atoms with Gasteiger partial charge in [-0.2, -0.15) is 0 Å². The summed E-state index contributed by atoms with van der Waals surface area (Å²) in [6, 6.07) is 3.11. The summed E-state index contributed by atoms with van der Waals surface area (Å²) < 4.78 is 28.4. The Labute approximate surface area is 123 Å². The molecule has 0 aliphatic heterocycles. The first-order valence-electron chi connectivity index (χ1n) is 6.76. The molecule has 0 amide bonds. The van der Waals surface area contributed by atoms with Gasteiger partial charge in [-0.25, -0.2) is 0 Å². The van der Waals surface area contributed by atoms with Gasteiger partial charge in [0.15, 0.2) is 0 Å². The maximum Gasteiger partial charge on any atom is 0.336 e. The van der Waals surface area contributed by atoms with Gasteiger partial charge in [-0.05, 0) is 32.4 Å². The summed E-state index contributed by atoms with van der Waals surface area (Å²) in [4.78, 5) is 10.8. The smallest absolute Gasteiger partial charge is 0.336 e. The van der Waals surface area contributed by atoms with Crippen molar-refractivity contribution in [2.24, 2.45) is 0 Å². The summed E-state index contributed by atoms with van der Waals surface area (Å²) in [5, 5.41) is 19.2. The Morgan fingerprint density at radius 3 is 2.43 bits per heavy atom. The van der Waals surface area contributed by atoms with Crippen molar-refractivity contribution in [3.05, 3.63) is 24.2 Å². The molecule has 7 nitrogen and oxygen atoms in total. The second kappa shape index (κ2) is 8.34. The first-order valence-corrected chi connectivity index (χ1v) is 8.37. The molecule has 1 rings (SSSR count). The van der Waals surface area contributed by atoms with Crippen molar-refractivity contribution in [2.75, 3.05) is 13.2 Å². The molecular weight excluding hydrogens is 299 g/mol. The molecule has 0 aliphatic rings. The zero-order chi connectivity index (χ0) is 15.9. The molecule has 0 unspecified atom stereocenters. The molecule has 0 saturated heterocycles. The van der Waals surface area contributed by atoms with E-state index in [1.807, 2.05) is 0 Å². The fourth-order valence-corrected chi connectivity index (χ4v) is 4.11. The molecule has 0 saturated carbocycles. The van der Waals surface area contributed by atoms with Gasteiger partial charge in [0, 0.05) is 6.42 Å². The molecule has 1 heterocycles. The third-order valence-electron chi connectivity index (χ3n) is 2.88. The van der Waals surface area contributed by atoms with Crippen molar-refractivity contribution in [1.82, 2.24) is 0 Å². The van der Waals surface area contributed by atoms with Gasteiger partial charge in [0.1, 0.15) is 11.9 Å². The third-order valence-corrected chi connectivity index (χ3v) is 5.47. The lowest BCUT2D eigenvalue weighted by Crippen LogP contribution is -2.23. The van der Waals surface area contributed by atoms with Crippen LogP contribution in [-0.2, 0) is 18.4 Å². The second-order valence-corrected chi connectivity index (χ2v) is 6.59. The van der Waals surface area contributed by atoms with Gasteiger partial charge in [0.05, 0.1) is 25.1 Å². The highest BCUT2D eigenvalue weighted by Crippen LogP contribution is 2.58. The van der Waals surface area contributed by atoms with E-state index in [0.29, 0.717) is 0 Å². The second-order valence-electron chi connectivity index (χ2n) is 4.34. The van der Waals surface area contributed by atoms with Crippen LogP contribution in [-0.4, -0.2) is 35.1 Å². The Morgan fingerprint density at radius 2 is 2.00 bits per heavy atom. The molecule has 8 heteroatoms. The van der Waals surface area contributed by atoms with E-state index in [-0.39, 0.29) is 31.8 Å². The number of hydrogen-bond donors (Lipinski definition) is 2. The van der Waals surface area contributed by atoms with E-state index >= 15 is 0 Å². The van der Waals surface area contributed by atoms with E-state index in [1.165, 1.54) is 12.3 Å². The predicted molar refractivity (Wildman–Crippen MR) is 75.2 cm³/mol. The number of aliphatic hydroxyl groups excluding tert-OH is 1. The van der Waals surface area contributed by atoms with Gasteiger partial charge in [0.2, 0.25) is 0 Å². The van der Waals surface area contributed by atoms with E-state index in [2.05, 4.69) is 0 Å². The first-order chi connectivity index (χ1) is 9.94. The number of furan rings is 1. The maximum absolute atomic E-state index is 12.8. The van der Waals surface area contributed by atoms with Crippen LogP contribution in [0.5, 0.6) is 0 Å². The van der Waals surface area contributed by atoms with E-state index in [9.17, 15) is 14.5 Å². The molecule has 2 atom stereocenters. The zero-order valence-electron chi connectivity index (χ0n) is 12.1. The first kappa shape index (κ1) is 17.9. The van der Waals surface area contributed by atoms with Crippen molar-refractivity contribution in [2.45, 2.75) is 38.5 Å². The Bertz CT molecular complexity index is 461. The van der Waals surface area contributed by atoms with Crippen molar-refractivity contribution in [3.63, 3.8) is 0 Å². The zero-order valence-corrected chi connectivity index (χ0v) is 13.0. The predicted octanol–water partition coefficient (Wildman–Crippen LogP) is 2.81. The number of rotatable bonds is 10. The molecule has 1 aromatic heterocycles. The molecule has 120 valence electrons. The summed E-state index contributed by atoms with van der Waals surface area (Å²) >= 11 is 0. The van der Waals surface area contributed by atoms with Crippen LogP contribution in [0.15, 0.2) is 22.8 Å². The van der Waals surface area contributed by atoms with Gasteiger partial charge in [-0.15, -0.1) is 0 Å². The molecule has 21 heavy (non-hydrogen) atoms. The largest absolute Gasteiger partial charge is 0.481 e. The van der Waals surface area contributed by atoms with E-state index in [4.69, 9.17) is 18.6 Å². The van der Waals surface area contributed by atoms with Gasteiger partial charge in [-0.1, -0.05) is 0 Å². The van der Waals surface area contributed by atoms with Gasteiger partial charge < -0.3 is 23.7 Å². The standard InChI is InChI=1S/C13H21O7P/c1-3-19-21(17,20-4-2)11(7-8-12(14)15)13(16)10-6-5-9-18-10/h5-6,9,11,13,16H,3-4,7-8H2,1-2H3,(H,14,15)/t11-,13-/m0/s1. The van der Waals surface area contributed by atoms with Crippen LogP contribution in [0, 0.1) is 0 Å². The Morgan fingerprint density at radius 1 is 1.38 bits per heavy atom. The number of hydrogen-bond acceptors (Lipinski definition) is 6. The molecular formula is C13H21O7P. The van der Waals surface area contributed by atoms with Crippen LogP contribution < -0.4 is 0 Å². The molecule has 0 radical (unpaired) electrons. The molecule has 0 spiro atoms. The van der Waals surface area contributed by atoms with Crippen LogP contribution in [0.1, 0.15) is 38.6 Å². The number of aliphatic carboxylic acids is 1. The lowest BCUT2D eigenvalue weighted by molar-refractivity contribution is -0.137. The maximum atomic E-state index is 12.8. The summed E-state index contributed by atoms with van der Waals surface area (Å²) in [6.07, 6.45) is -0.191. The van der Waals surface area contributed by atoms with Gasteiger partial charge in [0.25, 0.3) is 0 Å². The normalized spacial score (nSPS) is 14.8. The SMILES string of the molecule is CCOP(=O)(OCC)[C@@H](CCC(=O)O)[C@@H](O)c1ccco1. The number of carboxylic acid groups (broad SMARTS) is 1. The lowest BCUT2D eigenvalue weighted by atomic mass is 10.1. The highest BCUT2D eigenvalue weighted by atomic mass is 31.2. The quantitative estimate of drug-likeness (QED) is 0.638. The van der Waals surface area contributed by atoms with E-state index in [1.54, 1.807) is 19.9 Å². The highest BCUT2D eigenvalue weighted by Gasteiger charge is 2.42. The fraction of sp³-hybridized carbons (Fsp3) is 0.615. The van der Waals surface area contributed by atoms with Gasteiger partial charge in [-0.3, -0.25) is 9.36 Å². The van der Waals surface area contributed by atoms with Crippen molar-refractivity contribution < 1.29 is 33.0 Å². The topological polar surface area (TPSA) is 106 Å². The Kier molecular flexibility index (Phi) is 7.11. The minimum absolute atomic E-state index is 0.0471. The number of aliphatic hydroxyl groups is 1. The monoisotopic (exact) mass is 320 g/mol. The minimum atomic E-state index is -3.66. The summed E-state index contributed by atoms with van der Waals surface area (Å²) in [5.41, 5.74) is -1.00. The molecule has 0 fully saturated rings. The van der Waals surface area contributed by atoms with Crippen LogP contribution in [0.25, 0.3) is 0 Å². The molecule has 2 N–H and O–H groups in total. The molecule has 0 bridgehead atoms. The van der Waals surface area contributed by atoms with Crippen molar-refractivity contribution in [3.8, 4) is 0 Å². The van der Waals surface area contributed by atoms with Crippen LogP contribution in [0.2, 0.25) is 0 Å². The number of carbonyl (C=O) groups is 1. The van der Waals surface area contributed by atoms with Crippen LogP contribution in [0.4, 0.5) is 0 Å². The molecule has 0 aromatic carbocycles. The highest BCUT2D eigenvalue weighted by molar-refractivity contribution is 7.54. The molecule has 0 aliphatic carbocycles. The number of carboxylic acids is 1. The summed E-state index contributed by atoms with van der Waals surface area (Å²) in [6.45, 7) is 3.57. The lowest BCUT2D eigenvalue weighted by Gasteiger charge is -2.28. The van der Waals surface area contributed by atoms with E-state index < -0.39 is 25.3 Å². The third kappa shape index (κ3) is 4.97. The molecule has 1 aromatic rings. The van der Waals surface area contributed by atoms with Crippen LogP contribution in [0.3, 0.4) is 0 Å². The average Bonchev–Trinajstić information content (AvgIpc) is 2.92. The van der Waals surface area contributed by atoms with Gasteiger partial charge >= 0.3 is 13.6 Å². The average molecular weight is 320 g/mol. The minimum Gasteiger partial charge on any atom is -0.481 e. The fourth-order valence-electron chi connectivity index (χ4n) is 2.00. The van der Waals surface area contributed by atoms with E-state index in [0.717, 1.165) is 0 Å².